The molecule has 0 saturated heterocycles. The molecule has 0 spiro atoms. The van der Waals surface area contributed by atoms with Crippen LogP contribution in [-0.2, 0) is 9.53 Å². The molecule has 1 aromatic carbocycles. The number of hydrogen-bond acceptors (Lipinski definition) is 8. The molecule has 0 aliphatic heterocycles. The lowest BCUT2D eigenvalue weighted by Crippen LogP contribution is -2.16. The summed E-state index contributed by atoms with van der Waals surface area (Å²) in [6.07, 6.45) is 1.49. The lowest BCUT2D eigenvalue weighted by molar-refractivity contribution is -0.113. The third kappa shape index (κ3) is 4.38. The number of nitrogens with one attached hydrogen (secondary N) is 1. The Morgan fingerprint density at radius 2 is 2.00 bits per heavy atom. The third-order valence-electron chi connectivity index (χ3n) is 4.16. The van der Waals surface area contributed by atoms with E-state index >= 15 is 0 Å². The highest BCUT2D eigenvalue weighted by Crippen LogP contribution is 2.38. The first-order valence-corrected chi connectivity index (χ1v) is 11.9. The maximum atomic E-state index is 12.6. The van der Waals surface area contributed by atoms with Gasteiger partial charge in [0.15, 0.2) is 0 Å². The number of carbonyl (C=O) groups is 2. The number of nitrogens with zero attached hydrogens (tertiary/aromatic N) is 2. The number of esters is 1. The number of thioether (sulfide) groups is 1. The molecule has 0 saturated carbocycles. The highest BCUT2D eigenvalue weighted by Gasteiger charge is 2.23. The SMILES string of the molecule is CCOC(=O)c1c(-c2cccs2)csc1NC(=O)CSc1ncnc2ccccc12. The van der Waals surface area contributed by atoms with Crippen LogP contribution in [0.2, 0.25) is 0 Å². The van der Waals surface area contributed by atoms with E-state index in [0.717, 1.165) is 26.4 Å². The number of anilines is 1. The van der Waals surface area contributed by atoms with Gasteiger partial charge in [-0.25, -0.2) is 14.8 Å². The standard InChI is InChI=1S/C21H17N3O3S3/c1-2-27-21(26)18-14(16-8-5-9-28-16)10-29-20(18)24-17(25)11-30-19-13-6-3-4-7-15(13)22-12-23-19/h3-10,12H,2,11H2,1H3,(H,24,25). The molecule has 0 unspecified atom stereocenters. The van der Waals surface area contributed by atoms with Crippen LogP contribution in [0.5, 0.6) is 0 Å². The Balaban J connectivity index is 1.52. The quantitative estimate of drug-likeness (QED) is 0.231. The van der Waals surface area contributed by atoms with Crippen LogP contribution in [0.4, 0.5) is 5.00 Å². The molecule has 0 atom stereocenters. The minimum Gasteiger partial charge on any atom is -0.462 e. The minimum absolute atomic E-state index is 0.162. The predicted octanol–water partition coefficient (Wildman–Crippen LogP) is 5.33. The van der Waals surface area contributed by atoms with Crippen LogP contribution in [0.15, 0.2) is 58.5 Å². The van der Waals surface area contributed by atoms with Crippen molar-refractivity contribution >= 4 is 62.2 Å². The summed E-state index contributed by atoms with van der Waals surface area (Å²) in [6.45, 7) is 2.03. The van der Waals surface area contributed by atoms with Crippen molar-refractivity contribution in [3.05, 3.63) is 59.0 Å². The van der Waals surface area contributed by atoms with E-state index < -0.39 is 5.97 Å². The number of thiophene rings is 2. The number of amides is 1. The van der Waals surface area contributed by atoms with Gasteiger partial charge in [0.25, 0.3) is 0 Å². The number of para-hydroxylation sites is 1. The van der Waals surface area contributed by atoms with Gasteiger partial charge in [0.05, 0.1) is 17.9 Å². The Morgan fingerprint density at radius 1 is 1.13 bits per heavy atom. The molecule has 0 bridgehead atoms. The first kappa shape index (κ1) is 20.5. The smallest absolute Gasteiger partial charge is 0.341 e. The number of fused-ring (bicyclic) bond motifs is 1. The fourth-order valence-electron chi connectivity index (χ4n) is 2.86. The summed E-state index contributed by atoms with van der Waals surface area (Å²) in [5.74, 6) is -0.491. The Kier molecular flexibility index (Phi) is 6.41. The molecular weight excluding hydrogens is 438 g/mol. The molecule has 4 rings (SSSR count). The van der Waals surface area contributed by atoms with E-state index in [1.165, 1.54) is 40.8 Å². The van der Waals surface area contributed by atoms with Crippen LogP contribution < -0.4 is 5.32 Å². The molecule has 0 fully saturated rings. The van der Waals surface area contributed by atoms with E-state index in [-0.39, 0.29) is 18.3 Å². The molecule has 0 radical (unpaired) electrons. The molecule has 0 aliphatic rings. The Morgan fingerprint density at radius 3 is 2.80 bits per heavy atom. The topological polar surface area (TPSA) is 81.2 Å². The fraction of sp³-hybridized carbons (Fsp3) is 0.143. The molecular formula is C21H17N3O3S3. The number of benzene rings is 1. The number of hydrogen-bond donors (Lipinski definition) is 1. The van der Waals surface area contributed by atoms with Crippen LogP contribution in [0, 0.1) is 0 Å². The maximum absolute atomic E-state index is 12.6. The van der Waals surface area contributed by atoms with Crippen LogP contribution >= 0.6 is 34.4 Å². The lowest BCUT2D eigenvalue weighted by Gasteiger charge is -2.08. The summed E-state index contributed by atoms with van der Waals surface area (Å²) in [5, 5.41) is 8.83. The van der Waals surface area contributed by atoms with Crippen molar-refractivity contribution in [2.75, 3.05) is 17.7 Å². The van der Waals surface area contributed by atoms with E-state index in [2.05, 4.69) is 15.3 Å². The first-order valence-electron chi connectivity index (χ1n) is 9.12. The minimum atomic E-state index is -0.438. The summed E-state index contributed by atoms with van der Waals surface area (Å²) in [5.41, 5.74) is 2.01. The molecule has 1 amide bonds. The van der Waals surface area contributed by atoms with E-state index in [1.54, 1.807) is 6.92 Å². The third-order valence-corrected chi connectivity index (χ3v) is 6.96. The highest BCUT2D eigenvalue weighted by molar-refractivity contribution is 8.00. The maximum Gasteiger partial charge on any atom is 0.341 e. The molecule has 152 valence electrons. The van der Waals surface area contributed by atoms with Gasteiger partial charge < -0.3 is 10.1 Å². The van der Waals surface area contributed by atoms with E-state index in [0.29, 0.717) is 10.6 Å². The average molecular weight is 456 g/mol. The van der Waals surface area contributed by atoms with Gasteiger partial charge in [0.2, 0.25) is 5.91 Å². The first-order chi connectivity index (χ1) is 14.7. The number of carbonyl (C=O) groups excluding carboxylic acids is 2. The van der Waals surface area contributed by atoms with Crippen molar-refractivity contribution in [2.24, 2.45) is 0 Å². The summed E-state index contributed by atoms with van der Waals surface area (Å²) >= 11 is 4.19. The zero-order valence-electron chi connectivity index (χ0n) is 16.0. The summed E-state index contributed by atoms with van der Waals surface area (Å²) in [6, 6.07) is 11.5. The van der Waals surface area contributed by atoms with Gasteiger partial charge in [-0.05, 0) is 24.4 Å². The van der Waals surface area contributed by atoms with Gasteiger partial charge in [0.1, 0.15) is 21.9 Å². The molecule has 0 aliphatic carbocycles. The van der Waals surface area contributed by atoms with Gasteiger partial charge in [-0.3, -0.25) is 4.79 Å². The Hall–Kier alpha value is -2.75. The van der Waals surface area contributed by atoms with Gasteiger partial charge in [-0.1, -0.05) is 36.0 Å². The van der Waals surface area contributed by atoms with Crippen LogP contribution in [0.25, 0.3) is 21.3 Å². The van der Waals surface area contributed by atoms with Crippen molar-refractivity contribution in [3.63, 3.8) is 0 Å². The summed E-state index contributed by atoms with van der Waals surface area (Å²) in [4.78, 5) is 34.7. The van der Waals surface area contributed by atoms with E-state index in [1.807, 2.05) is 47.2 Å². The summed E-state index contributed by atoms with van der Waals surface area (Å²) in [7, 11) is 0. The molecule has 3 aromatic heterocycles. The van der Waals surface area contributed by atoms with Gasteiger partial charge in [-0.2, -0.15) is 0 Å². The zero-order chi connectivity index (χ0) is 20.9. The zero-order valence-corrected chi connectivity index (χ0v) is 18.4. The van der Waals surface area contributed by atoms with Crippen molar-refractivity contribution in [1.82, 2.24) is 9.97 Å². The monoisotopic (exact) mass is 455 g/mol. The largest absolute Gasteiger partial charge is 0.462 e. The van der Waals surface area contributed by atoms with Crippen molar-refractivity contribution in [3.8, 4) is 10.4 Å². The predicted molar refractivity (Wildman–Crippen MR) is 122 cm³/mol. The molecule has 6 nitrogen and oxygen atoms in total. The number of aromatic nitrogens is 2. The summed E-state index contributed by atoms with van der Waals surface area (Å²) < 4.78 is 5.22. The van der Waals surface area contributed by atoms with Crippen LogP contribution in [0.1, 0.15) is 17.3 Å². The Bertz CT molecular complexity index is 1180. The van der Waals surface area contributed by atoms with Gasteiger partial charge >= 0.3 is 5.97 Å². The van der Waals surface area contributed by atoms with Crippen LogP contribution in [0.3, 0.4) is 0 Å². The van der Waals surface area contributed by atoms with Gasteiger partial charge in [0, 0.05) is 21.2 Å². The number of ether oxygens (including phenoxy) is 1. The Labute approximate surface area is 185 Å². The van der Waals surface area contributed by atoms with E-state index in [4.69, 9.17) is 4.74 Å². The molecule has 9 heteroatoms. The normalized spacial score (nSPS) is 10.8. The van der Waals surface area contributed by atoms with E-state index in [9.17, 15) is 9.59 Å². The molecule has 30 heavy (non-hydrogen) atoms. The van der Waals surface area contributed by atoms with Crippen molar-refractivity contribution in [1.29, 1.82) is 0 Å². The van der Waals surface area contributed by atoms with Gasteiger partial charge in [-0.15, -0.1) is 22.7 Å². The van der Waals surface area contributed by atoms with Crippen molar-refractivity contribution in [2.45, 2.75) is 11.9 Å². The molecule has 3 heterocycles. The number of rotatable bonds is 7. The molecule has 4 aromatic rings. The second kappa shape index (κ2) is 9.38. The molecule has 1 N–H and O–H groups in total. The second-order valence-electron chi connectivity index (χ2n) is 6.08. The van der Waals surface area contributed by atoms with Crippen molar-refractivity contribution < 1.29 is 14.3 Å². The fourth-order valence-corrected chi connectivity index (χ4v) is 5.44. The average Bonchev–Trinajstić information content (AvgIpc) is 3.42. The highest BCUT2D eigenvalue weighted by atomic mass is 32.2. The van der Waals surface area contributed by atoms with Crippen LogP contribution in [-0.4, -0.2) is 34.2 Å². The second-order valence-corrected chi connectivity index (χ2v) is 8.88. The lowest BCUT2D eigenvalue weighted by atomic mass is 10.1.